The molecular formula is C19H25N3O2S2. The summed E-state index contributed by atoms with van der Waals surface area (Å²) in [5.41, 5.74) is 1.83. The monoisotopic (exact) mass is 391 g/mol. The molecule has 1 unspecified atom stereocenters. The summed E-state index contributed by atoms with van der Waals surface area (Å²) < 4.78 is 27.9. The van der Waals surface area contributed by atoms with Crippen molar-refractivity contribution in [1.29, 1.82) is 0 Å². The van der Waals surface area contributed by atoms with Crippen molar-refractivity contribution in [3.63, 3.8) is 0 Å². The molecule has 0 radical (unpaired) electrons. The lowest BCUT2D eigenvalue weighted by Gasteiger charge is -2.34. The van der Waals surface area contributed by atoms with Gasteiger partial charge in [0, 0.05) is 35.8 Å². The molecule has 0 aliphatic carbocycles. The highest BCUT2D eigenvalue weighted by Crippen LogP contribution is 2.30. The van der Waals surface area contributed by atoms with Crippen molar-refractivity contribution in [3.8, 4) is 10.6 Å². The van der Waals surface area contributed by atoms with Crippen LogP contribution in [0.3, 0.4) is 0 Å². The number of sulfonamides is 1. The number of rotatable bonds is 4. The van der Waals surface area contributed by atoms with Crippen LogP contribution in [-0.2, 0) is 10.0 Å². The van der Waals surface area contributed by atoms with Gasteiger partial charge in [0.15, 0.2) is 0 Å². The zero-order chi connectivity index (χ0) is 18.1. The number of nitrogens with one attached hydrogen (secondary N) is 1. The van der Waals surface area contributed by atoms with Gasteiger partial charge in [-0.05, 0) is 57.2 Å². The highest BCUT2D eigenvalue weighted by atomic mass is 32.2. The highest BCUT2D eigenvalue weighted by molar-refractivity contribution is 7.89. The van der Waals surface area contributed by atoms with Gasteiger partial charge in [-0.15, -0.1) is 11.3 Å². The molecule has 1 atom stereocenters. The zero-order valence-corrected chi connectivity index (χ0v) is 16.7. The maximum atomic E-state index is 13.1. The maximum absolute atomic E-state index is 13.1. The number of aryl methyl sites for hydroxylation is 1. The highest BCUT2D eigenvalue weighted by Gasteiger charge is 2.33. The van der Waals surface area contributed by atoms with Gasteiger partial charge < -0.3 is 5.32 Å². The Morgan fingerprint density at radius 3 is 2.69 bits per heavy atom. The van der Waals surface area contributed by atoms with Crippen LogP contribution in [0.4, 0.5) is 0 Å². The molecule has 2 saturated heterocycles. The lowest BCUT2D eigenvalue weighted by Crippen LogP contribution is -2.43. The van der Waals surface area contributed by atoms with Crippen LogP contribution in [0.15, 0.2) is 34.5 Å². The normalized spacial score (nSPS) is 22.7. The molecule has 7 heteroatoms. The average Bonchev–Trinajstić information content (AvgIpc) is 3.34. The van der Waals surface area contributed by atoms with Crippen LogP contribution in [0, 0.1) is 12.8 Å². The Bertz CT molecular complexity index is 864. The van der Waals surface area contributed by atoms with Gasteiger partial charge in [0.25, 0.3) is 0 Å². The van der Waals surface area contributed by atoms with E-state index in [1.807, 2.05) is 24.4 Å². The molecule has 2 fully saturated rings. The molecular weight excluding hydrogens is 366 g/mol. The topological polar surface area (TPSA) is 62.3 Å². The van der Waals surface area contributed by atoms with E-state index in [1.165, 1.54) is 12.8 Å². The van der Waals surface area contributed by atoms with Gasteiger partial charge >= 0.3 is 0 Å². The zero-order valence-electron chi connectivity index (χ0n) is 15.0. The van der Waals surface area contributed by atoms with Crippen LogP contribution in [-0.4, -0.2) is 43.4 Å². The van der Waals surface area contributed by atoms with Crippen molar-refractivity contribution in [1.82, 2.24) is 14.6 Å². The minimum Gasteiger partial charge on any atom is -0.314 e. The minimum atomic E-state index is -3.44. The molecule has 3 heterocycles. The second-order valence-corrected chi connectivity index (χ2v) is 10.1. The summed E-state index contributed by atoms with van der Waals surface area (Å²) in [4.78, 5) is 4.85. The first-order chi connectivity index (χ1) is 12.5. The Morgan fingerprint density at radius 2 is 2.04 bits per heavy atom. The molecule has 2 aliphatic rings. The van der Waals surface area contributed by atoms with Gasteiger partial charge in [-0.25, -0.2) is 13.4 Å². The summed E-state index contributed by atoms with van der Waals surface area (Å²) >= 11 is 1.55. The van der Waals surface area contributed by atoms with Crippen LogP contribution >= 0.6 is 11.3 Å². The largest absolute Gasteiger partial charge is 0.314 e. The van der Waals surface area contributed by atoms with E-state index in [1.54, 1.807) is 27.8 Å². The molecule has 1 aromatic heterocycles. The molecule has 0 bridgehead atoms. The van der Waals surface area contributed by atoms with Gasteiger partial charge in [0.1, 0.15) is 5.01 Å². The summed E-state index contributed by atoms with van der Waals surface area (Å²) in [7, 11) is -3.44. The van der Waals surface area contributed by atoms with Crippen LogP contribution in [0.1, 0.15) is 31.4 Å². The molecule has 0 saturated carbocycles. The maximum Gasteiger partial charge on any atom is 0.243 e. The summed E-state index contributed by atoms with van der Waals surface area (Å²) in [5.74, 6) is 0.605. The van der Waals surface area contributed by atoms with Crippen molar-refractivity contribution in [2.24, 2.45) is 5.92 Å². The number of nitrogens with zero attached hydrogens (tertiary/aromatic N) is 2. The summed E-state index contributed by atoms with van der Waals surface area (Å²) in [5, 5.41) is 6.42. The summed E-state index contributed by atoms with van der Waals surface area (Å²) in [6.45, 7) is 4.29. The number of aromatic nitrogens is 1. The van der Waals surface area contributed by atoms with Gasteiger partial charge in [-0.1, -0.05) is 12.1 Å². The van der Waals surface area contributed by atoms with Gasteiger partial charge in [0.05, 0.1) is 4.90 Å². The Labute approximate surface area is 159 Å². The molecule has 5 nitrogen and oxygen atoms in total. The third-order valence-electron chi connectivity index (χ3n) is 5.50. The second-order valence-electron chi connectivity index (χ2n) is 7.27. The quantitative estimate of drug-likeness (QED) is 0.869. The van der Waals surface area contributed by atoms with Gasteiger partial charge in [-0.3, -0.25) is 0 Å². The fourth-order valence-corrected chi connectivity index (χ4v) is 6.37. The van der Waals surface area contributed by atoms with E-state index < -0.39 is 10.0 Å². The lowest BCUT2D eigenvalue weighted by molar-refractivity contribution is 0.234. The Kier molecular flexibility index (Phi) is 5.14. The van der Waals surface area contributed by atoms with Crippen LogP contribution < -0.4 is 5.32 Å². The molecule has 2 aliphatic heterocycles. The fourth-order valence-electron chi connectivity index (χ4n) is 4.06. The number of benzene rings is 1. The van der Waals surface area contributed by atoms with Gasteiger partial charge in [0.2, 0.25) is 10.0 Å². The SMILES string of the molecule is Cc1csc(-c2cccc(S(=O)(=O)N3CCC(C4CCCN4)CC3)c2)n1. The Balaban J connectivity index is 1.50. The molecule has 0 spiro atoms. The molecule has 140 valence electrons. The van der Waals surface area contributed by atoms with E-state index in [0.29, 0.717) is 29.9 Å². The van der Waals surface area contributed by atoms with E-state index in [4.69, 9.17) is 0 Å². The van der Waals surface area contributed by atoms with Crippen molar-refractivity contribution in [3.05, 3.63) is 35.3 Å². The van der Waals surface area contributed by atoms with Crippen LogP contribution in [0.25, 0.3) is 10.6 Å². The minimum absolute atomic E-state index is 0.375. The third kappa shape index (κ3) is 3.58. The van der Waals surface area contributed by atoms with E-state index in [9.17, 15) is 8.42 Å². The lowest BCUT2D eigenvalue weighted by atomic mass is 9.89. The Hall–Kier alpha value is -1.28. The predicted molar refractivity (Wildman–Crippen MR) is 105 cm³/mol. The first kappa shape index (κ1) is 18.1. The fraction of sp³-hybridized carbons (Fsp3) is 0.526. The molecule has 2 aromatic rings. The number of piperidine rings is 1. The molecule has 26 heavy (non-hydrogen) atoms. The van der Waals surface area contributed by atoms with E-state index >= 15 is 0 Å². The van der Waals surface area contributed by atoms with Crippen molar-refractivity contribution < 1.29 is 8.42 Å². The van der Waals surface area contributed by atoms with E-state index in [-0.39, 0.29) is 0 Å². The molecule has 4 rings (SSSR count). The summed E-state index contributed by atoms with van der Waals surface area (Å²) in [6, 6.07) is 7.78. The third-order valence-corrected chi connectivity index (χ3v) is 8.41. The van der Waals surface area contributed by atoms with Crippen LogP contribution in [0.2, 0.25) is 0 Å². The van der Waals surface area contributed by atoms with Crippen molar-refractivity contribution in [2.45, 2.75) is 43.5 Å². The molecule has 1 aromatic carbocycles. The number of hydrogen-bond acceptors (Lipinski definition) is 5. The van der Waals surface area contributed by atoms with Gasteiger partial charge in [-0.2, -0.15) is 4.31 Å². The first-order valence-corrected chi connectivity index (χ1v) is 11.6. The predicted octanol–water partition coefficient (Wildman–Crippen LogP) is 3.27. The molecule has 0 amide bonds. The average molecular weight is 392 g/mol. The van der Waals surface area contributed by atoms with E-state index in [0.717, 1.165) is 35.7 Å². The van der Waals surface area contributed by atoms with Crippen molar-refractivity contribution >= 4 is 21.4 Å². The second kappa shape index (κ2) is 7.38. The Morgan fingerprint density at radius 1 is 1.23 bits per heavy atom. The summed E-state index contributed by atoms with van der Waals surface area (Å²) in [6.07, 6.45) is 4.36. The standard InChI is InChI=1S/C19H25N3O2S2/c1-14-13-25-19(21-14)16-4-2-5-17(12-16)26(23,24)22-10-7-15(8-11-22)18-6-3-9-20-18/h2,4-5,12-13,15,18,20H,3,6-11H2,1H3. The smallest absolute Gasteiger partial charge is 0.243 e. The number of hydrogen-bond donors (Lipinski definition) is 1. The molecule has 1 N–H and O–H groups in total. The van der Waals surface area contributed by atoms with E-state index in [2.05, 4.69) is 10.3 Å². The number of thiazole rings is 1. The first-order valence-electron chi connectivity index (χ1n) is 9.30. The van der Waals surface area contributed by atoms with Crippen LogP contribution in [0.5, 0.6) is 0 Å². The van der Waals surface area contributed by atoms with Crippen molar-refractivity contribution in [2.75, 3.05) is 19.6 Å².